The number of para-hydroxylation sites is 1. The van der Waals surface area contributed by atoms with Gasteiger partial charge in [-0.25, -0.2) is 4.90 Å². The summed E-state index contributed by atoms with van der Waals surface area (Å²) in [7, 11) is 0. The zero-order valence-corrected chi connectivity index (χ0v) is 25.1. The Bertz CT molecular complexity index is 1930. The summed E-state index contributed by atoms with van der Waals surface area (Å²) in [5, 5.41) is 4.67. The third kappa shape index (κ3) is 4.50. The number of benzene rings is 4. The Balaban J connectivity index is 1.28. The lowest BCUT2D eigenvalue weighted by atomic mass is 9.83. The molecule has 0 spiro atoms. The Hall–Kier alpha value is -3.99. The number of hydrogen-bond donors (Lipinski definition) is 1. The van der Waals surface area contributed by atoms with E-state index in [1.165, 1.54) is 21.2 Å². The first-order valence-electron chi connectivity index (χ1n) is 13.3. The van der Waals surface area contributed by atoms with Gasteiger partial charge >= 0.3 is 4.87 Å². The van der Waals surface area contributed by atoms with E-state index in [2.05, 4.69) is 21.2 Å². The molecule has 2 aliphatic heterocycles. The minimum absolute atomic E-state index is 0.212. The summed E-state index contributed by atoms with van der Waals surface area (Å²) in [5.41, 5.74) is 2.01. The Kier molecular flexibility index (Phi) is 6.84. The van der Waals surface area contributed by atoms with Crippen LogP contribution < -0.4 is 15.1 Å². The quantitative estimate of drug-likeness (QED) is 0.226. The Morgan fingerprint density at radius 1 is 0.833 bits per heavy atom. The van der Waals surface area contributed by atoms with Crippen molar-refractivity contribution in [2.45, 2.75) is 22.7 Å². The predicted molar refractivity (Wildman–Crippen MR) is 169 cm³/mol. The zero-order chi connectivity index (χ0) is 29.0. The average molecular weight is 657 g/mol. The van der Waals surface area contributed by atoms with Crippen LogP contribution in [0.3, 0.4) is 0 Å². The van der Waals surface area contributed by atoms with Crippen molar-refractivity contribution >= 4 is 78.9 Å². The summed E-state index contributed by atoms with van der Waals surface area (Å²) in [5.74, 6) is -2.16. The van der Waals surface area contributed by atoms with Gasteiger partial charge in [0.2, 0.25) is 17.7 Å². The van der Waals surface area contributed by atoms with E-state index in [1.807, 2.05) is 72.8 Å². The highest BCUT2D eigenvalue weighted by Gasteiger charge is 2.56. The first-order chi connectivity index (χ1) is 20.4. The SMILES string of the molecule is O=C(Cn1c2c(sc1=O)[C@H](c1ccc(Br)cc1)C1C(=O)N(c3ccccc3)C(=O)C1S2)Nc1cccc2ccccc12. The van der Waals surface area contributed by atoms with E-state index in [0.717, 1.165) is 32.1 Å². The van der Waals surface area contributed by atoms with Gasteiger partial charge in [0.05, 0.1) is 16.6 Å². The zero-order valence-electron chi connectivity index (χ0n) is 21.9. The molecule has 7 rings (SSSR count). The van der Waals surface area contributed by atoms with Crippen molar-refractivity contribution in [3.8, 4) is 0 Å². The number of amides is 3. The molecule has 7 nitrogen and oxygen atoms in total. The van der Waals surface area contributed by atoms with Crippen molar-refractivity contribution in [3.05, 3.63) is 122 Å². The fraction of sp³-hybridized carbons (Fsp3) is 0.125. The van der Waals surface area contributed by atoms with E-state index in [9.17, 15) is 19.2 Å². The van der Waals surface area contributed by atoms with Crippen LogP contribution in [0.1, 0.15) is 16.4 Å². The second-order valence-corrected chi connectivity index (χ2v) is 13.2. The summed E-state index contributed by atoms with van der Waals surface area (Å²) < 4.78 is 2.32. The van der Waals surface area contributed by atoms with Crippen molar-refractivity contribution in [1.82, 2.24) is 4.57 Å². The van der Waals surface area contributed by atoms with Crippen LogP contribution in [0, 0.1) is 5.92 Å². The number of thiazole rings is 1. The number of imide groups is 1. The monoisotopic (exact) mass is 655 g/mol. The molecular weight excluding hydrogens is 634 g/mol. The number of nitrogens with one attached hydrogen (secondary N) is 1. The van der Waals surface area contributed by atoms with Crippen LogP contribution in [-0.2, 0) is 20.9 Å². The number of hydrogen-bond acceptors (Lipinski definition) is 6. The van der Waals surface area contributed by atoms with Crippen molar-refractivity contribution in [1.29, 1.82) is 0 Å². The molecule has 5 aromatic rings. The molecule has 1 N–H and O–H groups in total. The molecule has 0 saturated carbocycles. The van der Waals surface area contributed by atoms with Crippen molar-refractivity contribution < 1.29 is 14.4 Å². The largest absolute Gasteiger partial charge is 0.324 e. The van der Waals surface area contributed by atoms with Crippen LogP contribution in [-0.4, -0.2) is 27.5 Å². The second kappa shape index (κ2) is 10.7. The molecule has 1 aromatic heterocycles. The number of carbonyl (C=O) groups is 3. The van der Waals surface area contributed by atoms with E-state index in [4.69, 9.17) is 0 Å². The Labute approximate surface area is 257 Å². The molecule has 3 heterocycles. The molecule has 1 fully saturated rings. The van der Waals surface area contributed by atoms with Gasteiger partial charge in [-0.3, -0.25) is 23.7 Å². The molecule has 42 heavy (non-hydrogen) atoms. The van der Waals surface area contributed by atoms with Gasteiger partial charge < -0.3 is 5.32 Å². The summed E-state index contributed by atoms with van der Waals surface area (Å²) >= 11 is 5.72. The first-order valence-corrected chi connectivity index (χ1v) is 15.8. The van der Waals surface area contributed by atoms with Gasteiger partial charge in [0.15, 0.2) is 0 Å². The predicted octanol–water partition coefficient (Wildman–Crippen LogP) is 6.26. The Morgan fingerprint density at radius 2 is 1.55 bits per heavy atom. The summed E-state index contributed by atoms with van der Waals surface area (Å²) in [6.07, 6.45) is 0. The smallest absolute Gasteiger partial charge is 0.308 e. The normalized spacial score (nSPS) is 19.5. The minimum atomic E-state index is -0.736. The number of halogens is 1. The topological polar surface area (TPSA) is 88.5 Å². The molecule has 3 amide bonds. The maximum absolute atomic E-state index is 13.9. The summed E-state index contributed by atoms with van der Waals surface area (Å²) in [6.45, 7) is -0.212. The Morgan fingerprint density at radius 3 is 2.33 bits per heavy atom. The number of aromatic nitrogens is 1. The lowest BCUT2D eigenvalue weighted by Gasteiger charge is -2.30. The van der Waals surface area contributed by atoms with E-state index in [-0.39, 0.29) is 29.1 Å². The molecular formula is C32H22BrN3O4S2. The second-order valence-electron chi connectivity index (χ2n) is 10.1. The number of fused-ring (bicyclic) bond motifs is 3. The lowest BCUT2D eigenvalue weighted by Crippen LogP contribution is -2.33. The molecule has 2 unspecified atom stereocenters. The van der Waals surface area contributed by atoms with E-state index in [0.29, 0.717) is 21.3 Å². The molecule has 208 valence electrons. The average Bonchev–Trinajstić information content (AvgIpc) is 3.44. The van der Waals surface area contributed by atoms with Gasteiger partial charge in [-0.15, -0.1) is 0 Å². The number of anilines is 2. The van der Waals surface area contributed by atoms with Gasteiger partial charge in [-0.2, -0.15) is 0 Å². The molecule has 2 aliphatic rings. The highest BCUT2D eigenvalue weighted by molar-refractivity contribution is 9.10. The minimum Gasteiger partial charge on any atom is -0.324 e. The van der Waals surface area contributed by atoms with Crippen LogP contribution in [0.4, 0.5) is 11.4 Å². The fourth-order valence-electron chi connectivity index (χ4n) is 5.78. The maximum atomic E-state index is 13.9. The molecule has 10 heteroatoms. The molecule has 1 saturated heterocycles. The maximum Gasteiger partial charge on any atom is 0.308 e. The van der Waals surface area contributed by atoms with Gasteiger partial charge in [0.1, 0.15) is 11.8 Å². The van der Waals surface area contributed by atoms with Gasteiger partial charge in [0, 0.05) is 26.3 Å². The van der Waals surface area contributed by atoms with Crippen LogP contribution >= 0.6 is 39.0 Å². The third-order valence-electron chi connectivity index (χ3n) is 7.66. The lowest BCUT2D eigenvalue weighted by molar-refractivity contribution is -0.122. The van der Waals surface area contributed by atoms with Crippen LogP contribution in [0.15, 0.2) is 111 Å². The number of nitrogens with zero attached hydrogens (tertiary/aromatic N) is 2. The molecule has 0 bridgehead atoms. The van der Waals surface area contributed by atoms with Crippen LogP contribution in [0.5, 0.6) is 0 Å². The standard InChI is InChI=1S/C32H22BrN3O4S2/c33-20-15-13-19(14-16-20)25-26-27(30(39)36(29(26)38)21-9-2-1-3-10-21)41-31-28(25)42-32(40)35(31)17-24(37)34-23-12-6-8-18-7-4-5-11-22(18)23/h1-16,25-27H,17H2,(H,34,37)/t25-,26?,27?/m1/s1. The number of rotatable bonds is 5. The summed E-state index contributed by atoms with van der Waals surface area (Å²) in [4.78, 5) is 56.1. The molecule has 3 atom stereocenters. The highest BCUT2D eigenvalue weighted by atomic mass is 79.9. The highest BCUT2D eigenvalue weighted by Crippen LogP contribution is 2.54. The number of carbonyl (C=O) groups excluding carboxylic acids is 3. The molecule has 0 aliphatic carbocycles. The van der Waals surface area contributed by atoms with E-state index < -0.39 is 17.1 Å². The first kappa shape index (κ1) is 26.9. The molecule has 4 aromatic carbocycles. The van der Waals surface area contributed by atoms with Crippen LogP contribution in [0.2, 0.25) is 0 Å². The summed E-state index contributed by atoms with van der Waals surface area (Å²) in [6, 6.07) is 29.9. The van der Waals surface area contributed by atoms with Gasteiger partial charge in [-0.05, 0) is 41.3 Å². The van der Waals surface area contributed by atoms with Crippen molar-refractivity contribution in [3.63, 3.8) is 0 Å². The van der Waals surface area contributed by atoms with E-state index >= 15 is 0 Å². The molecule has 0 radical (unpaired) electrons. The number of thioether (sulfide) groups is 1. The fourth-order valence-corrected chi connectivity index (χ4v) is 8.82. The van der Waals surface area contributed by atoms with Crippen molar-refractivity contribution in [2.75, 3.05) is 10.2 Å². The van der Waals surface area contributed by atoms with E-state index in [1.54, 1.807) is 24.3 Å². The van der Waals surface area contributed by atoms with Gasteiger partial charge in [-0.1, -0.05) is 106 Å². The van der Waals surface area contributed by atoms with Gasteiger partial charge in [0.25, 0.3) is 0 Å². The third-order valence-corrected chi connectivity index (χ3v) is 10.8. The van der Waals surface area contributed by atoms with Crippen LogP contribution in [0.25, 0.3) is 10.8 Å². The van der Waals surface area contributed by atoms with Crippen molar-refractivity contribution in [2.24, 2.45) is 5.92 Å².